The summed E-state index contributed by atoms with van der Waals surface area (Å²) in [6.07, 6.45) is -0.570. The topological polar surface area (TPSA) is 114 Å². The molecule has 2 amide bonds. The van der Waals surface area contributed by atoms with Gasteiger partial charge < -0.3 is 25.2 Å². The average molecular weight is 467 g/mol. The van der Waals surface area contributed by atoms with Gasteiger partial charge in [-0.25, -0.2) is 9.59 Å². The highest BCUT2D eigenvalue weighted by Crippen LogP contribution is 2.44. The van der Waals surface area contributed by atoms with Crippen LogP contribution >= 0.6 is 0 Å². The molecule has 1 aliphatic heterocycles. The van der Waals surface area contributed by atoms with Crippen molar-refractivity contribution in [2.45, 2.75) is 44.7 Å². The van der Waals surface area contributed by atoms with Gasteiger partial charge in [-0.05, 0) is 27.7 Å². The van der Waals surface area contributed by atoms with Gasteiger partial charge in [0.2, 0.25) is 5.91 Å². The molecule has 0 spiro atoms. The van der Waals surface area contributed by atoms with Gasteiger partial charge in [-0.2, -0.15) is 0 Å². The number of aliphatic carboxylic acids is 1. The Hall–Kier alpha value is -3.39. The Morgan fingerprint density at radius 1 is 1.09 bits per heavy atom. The Morgan fingerprint density at radius 2 is 1.68 bits per heavy atom. The number of carboxylic acids is 1. The number of carboxylic acid groups (broad SMARTS) is 1. The van der Waals surface area contributed by atoms with E-state index in [1.807, 2.05) is 36.4 Å². The molecule has 8 nitrogen and oxygen atoms in total. The molecule has 1 saturated heterocycles. The highest BCUT2D eigenvalue weighted by Gasteiger charge is 2.46. The summed E-state index contributed by atoms with van der Waals surface area (Å²) in [7, 11) is 0. The third-order valence-corrected chi connectivity index (χ3v) is 6.53. The van der Waals surface area contributed by atoms with Crippen molar-refractivity contribution >= 4 is 18.0 Å². The first-order valence-corrected chi connectivity index (χ1v) is 11.4. The predicted octanol–water partition coefficient (Wildman–Crippen LogP) is 3.30. The number of hydrogen-bond donors (Lipinski definition) is 3. The van der Waals surface area contributed by atoms with Crippen LogP contribution in [0.4, 0.5) is 4.79 Å². The van der Waals surface area contributed by atoms with Gasteiger partial charge in [0.25, 0.3) is 0 Å². The smallest absolute Gasteiger partial charge is 0.407 e. The summed E-state index contributed by atoms with van der Waals surface area (Å²) in [5, 5.41) is 14.9. The number of alkyl carbamates (subject to hydrolysis) is 1. The van der Waals surface area contributed by atoms with Gasteiger partial charge in [0.1, 0.15) is 12.6 Å². The second-order valence-corrected chi connectivity index (χ2v) is 9.95. The SMILES string of the molecule is CC(C)(C)[C@H](NC(=O)OCC1c2ccccc2-c2ccccc21)C(=O)NC1(C(=O)O)CCOC1. The van der Waals surface area contributed by atoms with Crippen molar-refractivity contribution in [2.24, 2.45) is 5.41 Å². The van der Waals surface area contributed by atoms with Gasteiger partial charge in [-0.3, -0.25) is 4.79 Å². The van der Waals surface area contributed by atoms with Crippen LogP contribution < -0.4 is 10.6 Å². The first-order valence-electron chi connectivity index (χ1n) is 11.4. The predicted molar refractivity (Wildman–Crippen MR) is 125 cm³/mol. The third-order valence-electron chi connectivity index (χ3n) is 6.53. The fourth-order valence-electron chi connectivity index (χ4n) is 4.63. The van der Waals surface area contributed by atoms with Gasteiger partial charge >= 0.3 is 12.1 Å². The van der Waals surface area contributed by atoms with Crippen molar-refractivity contribution in [3.05, 3.63) is 59.7 Å². The molecule has 3 N–H and O–H groups in total. The van der Waals surface area contributed by atoms with E-state index in [1.165, 1.54) is 0 Å². The number of carbonyl (C=O) groups excluding carboxylic acids is 2. The molecular weight excluding hydrogens is 436 g/mol. The van der Waals surface area contributed by atoms with E-state index in [-0.39, 0.29) is 32.2 Å². The lowest BCUT2D eigenvalue weighted by molar-refractivity contribution is -0.148. The van der Waals surface area contributed by atoms with E-state index in [9.17, 15) is 19.5 Å². The number of rotatable bonds is 6. The molecule has 2 aromatic carbocycles. The van der Waals surface area contributed by atoms with E-state index in [0.717, 1.165) is 22.3 Å². The second kappa shape index (κ2) is 9.10. The summed E-state index contributed by atoms with van der Waals surface area (Å²) < 4.78 is 10.8. The van der Waals surface area contributed by atoms with Crippen LogP contribution in [-0.4, -0.2) is 54.5 Å². The number of fused-ring (bicyclic) bond motifs is 3. The average Bonchev–Trinajstić information content (AvgIpc) is 3.39. The highest BCUT2D eigenvalue weighted by atomic mass is 16.5. The summed E-state index contributed by atoms with van der Waals surface area (Å²) in [5.74, 6) is -1.85. The van der Waals surface area contributed by atoms with Crippen molar-refractivity contribution in [1.29, 1.82) is 0 Å². The summed E-state index contributed by atoms with van der Waals surface area (Å²) in [4.78, 5) is 37.7. The molecule has 1 fully saturated rings. The maximum Gasteiger partial charge on any atom is 0.407 e. The number of nitrogens with one attached hydrogen (secondary N) is 2. The maximum absolute atomic E-state index is 13.1. The zero-order valence-electron chi connectivity index (χ0n) is 19.6. The lowest BCUT2D eigenvalue weighted by atomic mass is 9.85. The van der Waals surface area contributed by atoms with E-state index in [4.69, 9.17) is 9.47 Å². The molecule has 2 aromatic rings. The molecule has 1 unspecified atom stereocenters. The van der Waals surface area contributed by atoms with Gasteiger partial charge in [-0.15, -0.1) is 0 Å². The first kappa shape index (κ1) is 23.8. The quantitative estimate of drug-likeness (QED) is 0.602. The van der Waals surface area contributed by atoms with E-state index < -0.39 is 35.0 Å². The zero-order chi connectivity index (χ0) is 24.5. The van der Waals surface area contributed by atoms with E-state index in [0.29, 0.717) is 0 Å². The molecule has 0 saturated carbocycles. The van der Waals surface area contributed by atoms with Gasteiger partial charge in [-0.1, -0.05) is 69.3 Å². The minimum absolute atomic E-state index is 0.106. The molecule has 8 heteroatoms. The van der Waals surface area contributed by atoms with Gasteiger partial charge in [0, 0.05) is 18.9 Å². The van der Waals surface area contributed by atoms with E-state index in [2.05, 4.69) is 22.8 Å². The molecule has 1 aliphatic carbocycles. The van der Waals surface area contributed by atoms with Crippen molar-refractivity contribution < 1.29 is 29.0 Å². The van der Waals surface area contributed by atoms with Crippen LogP contribution in [0.1, 0.15) is 44.2 Å². The van der Waals surface area contributed by atoms with Crippen LogP contribution in [0.5, 0.6) is 0 Å². The van der Waals surface area contributed by atoms with Crippen molar-refractivity contribution in [1.82, 2.24) is 10.6 Å². The Kier molecular flexibility index (Phi) is 6.36. The zero-order valence-corrected chi connectivity index (χ0v) is 19.6. The minimum Gasteiger partial charge on any atom is -0.479 e. The number of ether oxygens (including phenoxy) is 2. The normalized spacial score (nSPS) is 20.2. The van der Waals surface area contributed by atoms with Crippen LogP contribution in [0, 0.1) is 5.41 Å². The number of benzene rings is 2. The van der Waals surface area contributed by atoms with Crippen LogP contribution in [-0.2, 0) is 19.1 Å². The molecule has 0 aromatic heterocycles. The fraction of sp³-hybridized carbons (Fsp3) is 0.423. The first-order chi connectivity index (χ1) is 16.1. The molecule has 2 aliphatic rings. The van der Waals surface area contributed by atoms with Crippen molar-refractivity contribution in [3.8, 4) is 11.1 Å². The molecule has 4 rings (SSSR count). The second-order valence-electron chi connectivity index (χ2n) is 9.95. The summed E-state index contributed by atoms with van der Waals surface area (Å²) >= 11 is 0. The molecule has 34 heavy (non-hydrogen) atoms. The van der Waals surface area contributed by atoms with Gasteiger partial charge in [0.15, 0.2) is 5.54 Å². The largest absolute Gasteiger partial charge is 0.479 e. The Balaban J connectivity index is 1.45. The van der Waals surface area contributed by atoms with Crippen LogP contribution in [0.2, 0.25) is 0 Å². The van der Waals surface area contributed by atoms with Crippen LogP contribution in [0.3, 0.4) is 0 Å². The fourth-order valence-corrected chi connectivity index (χ4v) is 4.63. The summed E-state index contributed by atoms with van der Waals surface area (Å²) in [6, 6.07) is 15.1. The maximum atomic E-state index is 13.1. The monoisotopic (exact) mass is 466 g/mol. The Morgan fingerprint density at radius 3 is 2.18 bits per heavy atom. The number of amides is 2. The van der Waals surface area contributed by atoms with Crippen LogP contribution in [0.15, 0.2) is 48.5 Å². The van der Waals surface area contributed by atoms with Gasteiger partial charge in [0.05, 0.1) is 6.61 Å². The van der Waals surface area contributed by atoms with Crippen molar-refractivity contribution in [3.63, 3.8) is 0 Å². The standard InChI is InChI=1S/C26H30N2O6/c1-25(2,3)21(22(29)28-26(23(30)31)12-13-33-15-26)27-24(32)34-14-20-18-10-6-4-8-16(18)17-9-5-7-11-19(17)20/h4-11,20-21H,12-15H2,1-3H3,(H,27,32)(H,28,29)(H,30,31)/t21-,26?/m1/s1. The summed E-state index contributed by atoms with van der Waals surface area (Å²) in [6.45, 7) is 5.62. The highest BCUT2D eigenvalue weighted by molar-refractivity contribution is 5.92. The molecule has 0 radical (unpaired) electrons. The van der Waals surface area contributed by atoms with E-state index in [1.54, 1.807) is 20.8 Å². The van der Waals surface area contributed by atoms with Crippen molar-refractivity contribution in [2.75, 3.05) is 19.8 Å². The Bertz CT molecular complexity index is 1050. The molecule has 0 bridgehead atoms. The van der Waals surface area contributed by atoms with E-state index >= 15 is 0 Å². The number of carbonyl (C=O) groups is 3. The molecular formula is C26H30N2O6. The molecule has 2 atom stereocenters. The molecule has 1 heterocycles. The minimum atomic E-state index is -1.50. The lowest BCUT2D eigenvalue weighted by Crippen LogP contribution is -2.62. The summed E-state index contributed by atoms with van der Waals surface area (Å²) in [5.41, 5.74) is 2.24. The lowest BCUT2D eigenvalue weighted by Gasteiger charge is -2.33. The third kappa shape index (κ3) is 4.50. The van der Waals surface area contributed by atoms with Crippen LogP contribution in [0.25, 0.3) is 11.1 Å². The molecule has 180 valence electrons. The Labute approximate surface area is 198 Å². The number of hydrogen-bond acceptors (Lipinski definition) is 5.